The van der Waals surface area contributed by atoms with Crippen molar-refractivity contribution in [2.75, 3.05) is 13.6 Å². The fraction of sp³-hybridized carbons (Fsp3) is 1.00. The molecule has 0 heterocycles. The molecule has 0 saturated carbocycles. The molecule has 0 fully saturated rings. The molecule has 0 aliphatic carbocycles. The maximum Gasteiger partial charge on any atom is 3.00 e. The van der Waals surface area contributed by atoms with Gasteiger partial charge in [-0.15, -0.1) is 0 Å². The maximum atomic E-state index is 8.52. The first-order chi connectivity index (χ1) is 8.91. The van der Waals surface area contributed by atoms with E-state index in [9.17, 15) is 0 Å². The van der Waals surface area contributed by atoms with Crippen LogP contribution < -0.4 is 5.32 Å². The summed E-state index contributed by atoms with van der Waals surface area (Å²) in [4.78, 5) is 0. The first-order valence-electron chi connectivity index (χ1n) is 4.56. The molecule has 140 valence electrons. The van der Waals surface area contributed by atoms with Gasteiger partial charge in [0.15, 0.2) is 0 Å². The van der Waals surface area contributed by atoms with Gasteiger partial charge in [0, 0.05) is 31.2 Å². The molecular weight excluding hydrogens is 466 g/mol. The predicted octanol–water partition coefficient (Wildman–Crippen LogP) is -3.01. The normalized spacial score (nSPS) is 9.91. The van der Waals surface area contributed by atoms with Crippen molar-refractivity contribution >= 4 is 31.2 Å². The Balaban J connectivity index is -0.0000000408. The van der Waals surface area contributed by atoms with Crippen LogP contribution in [0, 0.1) is 0 Å². The van der Waals surface area contributed by atoms with Crippen LogP contribution in [0.15, 0.2) is 0 Å². The van der Waals surface area contributed by atoms with E-state index in [1.165, 1.54) is 12.8 Å². The molecule has 0 unspecified atom stereocenters. The van der Waals surface area contributed by atoms with Gasteiger partial charge in [-0.2, -0.15) is 0 Å². The zero-order valence-electron chi connectivity index (χ0n) is 11.6. The molecule has 0 aromatic rings. The summed E-state index contributed by atoms with van der Waals surface area (Å²) in [5.41, 5.74) is 0. The third-order valence-electron chi connectivity index (χ3n) is 0.780. The molecule has 1 N–H and O–H groups in total. The van der Waals surface area contributed by atoms with Crippen molar-refractivity contribution in [1.29, 1.82) is 0 Å². The monoisotopic (exact) mass is 479 g/mol. The van der Waals surface area contributed by atoms with Crippen LogP contribution in [0.2, 0.25) is 0 Å². The quantitative estimate of drug-likeness (QED) is 0.241. The van der Waals surface area contributed by atoms with E-state index in [4.69, 9.17) is 52.6 Å². The average Bonchev–Trinajstić information content (AvgIpc) is 2.06. The standard InChI is InChI=1S/C5H13N.2Cr.3H2O4S/c1-3-4-5-6-2;;;3*1-5(2,3)4/h6H,3-5H2,1-2H3;;;3*(H2,1,2,3,4)/q;2*+3;;;/p-6. The van der Waals surface area contributed by atoms with Gasteiger partial charge in [0.25, 0.3) is 0 Å². The second-order valence-corrected chi connectivity index (χ2v) is 5.13. The van der Waals surface area contributed by atoms with Gasteiger partial charge < -0.3 is 32.6 Å². The summed E-state index contributed by atoms with van der Waals surface area (Å²) in [7, 11) is -13.5. The van der Waals surface area contributed by atoms with E-state index in [2.05, 4.69) is 12.2 Å². The molecule has 0 amide bonds. The fourth-order valence-electron chi connectivity index (χ4n) is 0.354. The van der Waals surface area contributed by atoms with Gasteiger partial charge in [0.1, 0.15) is 0 Å². The molecular formula is C5H13Cr2NO12S3. The number of hydrogen-bond donors (Lipinski definition) is 1. The zero-order chi connectivity index (χ0) is 18.3. The topological polar surface area (TPSA) is 253 Å². The number of rotatable bonds is 3. The van der Waals surface area contributed by atoms with Crippen molar-refractivity contribution in [3.05, 3.63) is 0 Å². The first kappa shape index (κ1) is 38.9. The molecule has 13 nitrogen and oxygen atoms in total. The van der Waals surface area contributed by atoms with Gasteiger partial charge in [-0.3, -0.25) is 25.3 Å². The average molecular weight is 479 g/mol. The van der Waals surface area contributed by atoms with Crippen LogP contribution >= 0.6 is 0 Å². The Hall–Kier alpha value is 0.635. The second kappa shape index (κ2) is 20.7. The Morgan fingerprint density at radius 1 is 0.696 bits per heavy atom. The molecule has 0 spiro atoms. The van der Waals surface area contributed by atoms with Gasteiger partial charge in [0.2, 0.25) is 0 Å². The summed E-state index contributed by atoms with van der Waals surface area (Å²) in [6, 6.07) is 0. The van der Waals surface area contributed by atoms with E-state index < -0.39 is 31.2 Å². The molecule has 0 aromatic carbocycles. The van der Waals surface area contributed by atoms with Gasteiger partial charge in [-0.05, 0) is 20.0 Å². The molecule has 0 aliphatic rings. The van der Waals surface area contributed by atoms with Crippen LogP contribution in [0.3, 0.4) is 0 Å². The Morgan fingerprint density at radius 3 is 0.913 bits per heavy atom. The molecule has 0 atom stereocenters. The van der Waals surface area contributed by atoms with Gasteiger partial charge in [-0.25, -0.2) is 0 Å². The van der Waals surface area contributed by atoms with E-state index in [0.717, 1.165) is 6.54 Å². The zero-order valence-corrected chi connectivity index (χ0v) is 16.6. The summed E-state index contributed by atoms with van der Waals surface area (Å²) in [5, 5.41) is 3.07. The van der Waals surface area contributed by atoms with Crippen LogP contribution in [0.1, 0.15) is 19.8 Å². The number of unbranched alkanes of at least 4 members (excludes halogenated alkanes) is 1. The number of hydrogen-bond acceptors (Lipinski definition) is 13. The van der Waals surface area contributed by atoms with E-state index in [-0.39, 0.29) is 34.7 Å². The summed E-state index contributed by atoms with van der Waals surface area (Å²) < 4.78 is 102. The van der Waals surface area contributed by atoms with Crippen LogP contribution in [0.25, 0.3) is 0 Å². The summed E-state index contributed by atoms with van der Waals surface area (Å²) in [6.45, 7) is 3.36. The van der Waals surface area contributed by atoms with Crippen LogP contribution in [0.5, 0.6) is 0 Å². The molecule has 2 radical (unpaired) electrons. The van der Waals surface area contributed by atoms with Crippen LogP contribution in [-0.4, -0.2) is 66.2 Å². The Labute approximate surface area is 156 Å². The van der Waals surface area contributed by atoms with Crippen molar-refractivity contribution in [2.24, 2.45) is 0 Å². The van der Waals surface area contributed by atoms with Gasteiger partial charge >= 0.3 is 34.7 Å². The molecule has 23 heavy (non-hydrogen) atoms. The van der Waals surface area contributed by atoms with Crippen molar-refractivity contribution in [3.8, 4) is 0 Å². The summed E-state index contributed by atoms with van der Waals surface area (Å²) in [6.07, 6.45) is 2.59. The van der Waals surface area contributed by atoms with Crippen molar-refractivity contribution < 1.29 is 87.3 Å². The van der Waals surface area contributed by atoms with Crippen LogP contribution in [-0.2, 0) is 65.9 Å². The SMILES string of the molecule is CCCCNC.O=S(=O)([O-])[O-].O=S(=O)([O-])[O-].O=S(=O)([O-])[O-].[Cr+3].[Cr+3]. The molecule has 0 saturated heterocycles. The van der Waals surface area contributed by atoms with Crippen molar-refractivity contribution in [3.63, 3.8) is 0 Å². The third kappa shape index (κ3) is 729. The van der Waals surface area contributed by atoms with E-state index in [0.29, 0.717) is 0 Å². The summed E-state index contributed by atoms with van der Waals surface area (Å²) >= 11 is 0. The van der Waals surface area contributed by atoms with E-state index >= 15 is 0 Å². The Morgan fingerprint density at radius 2 is 0.870 bits per heavy atom. The number of nitrogens with one attached hydrogen (secondary N) is 1. The fourth-order valence-corrected chi connectivity index (χ4v) is 0.354. The largest absolute Gasteiger partial charge is 3.00 e. The smallest absolute Gasteiger partial charge is 0.759 e. The minimum Gasteiger partial charge on any atom is -0.759 e. The molecule has 0 aliphatic heterocycles. The molecule has 18 heteroatoms. The molecule has 0 aromatic heterocycles. The maximum absolute atomic E-state index is 8.52. The molecule has 0 rings (SSSR count). The minimum atomic E-state index is -5.17. The Kier molecular flexibility index (Phi) is 35.0. The molecule has 0 bridgehead atoms. The van der Waals surface area contributed by atoms with Gasteiger partial charge in [0.05, 0.1) is 0 Å². The Bertz CT molecular complexity index is 416. The second-order valence-electron chi connectivity index (χ2n) is 2.68. The van der Waals surface area contributed by atoms with E-state index in [1.807, 2.05) is 7.05 Å². The predicted molar refractivity (Wildman–Crippen MR) is 60.3 cm³/mol. The van der Waals surface area contributed by atoms with Crippen molar-refractivity contribution in [1.82, 2.24) is 5.32 Å². The van der Waals surface area contributed by atoms with Crippen molar-refractivity contribution in [2.45, 2.75) is 19.8 Å². The first-order valence-corrected chi connectivity index (χ1v) is 8.56. The van der Waals surface area contributed by atoms with Crippen LogP contribution in [0.4, 0.5) is 0 Å². The third-order valence-corrected chi connectivity index (χ3v) is 0.780. The van der Waals surface area contributed by atoms with Gasteiger partial charge in [-0.1, -0.05) is 13.3 Å². The van der Waals surface area contributed by atoms with E-state index in [1.54, 1.807) is 0 Å². The summed E-state index contributed by atoms with van der Waals surface area (Å²) in [5.74, 6) is 0. The minimum absolute atomic E-state index is 0.